The molecule has 0 unspecified atom stereocenters. The molecule has 0 bridgehead atoms. The molecule has 1 aromatic heterocycles. The first-order chi connectivity index (χ1) is 11.4. The number of sulfonamides is 1. The molecule has 0 fully saturated rings. The number of phenols is 1. The number of benzene rings is 2. The normalized spacial score (nSPS) is 11.8. The van der Waals surface area contributed by atoms with Gasteiger partial charge in [0.15, 0.2) is 4.34 Å². The van der Waals surface area contributed by atoms with E-state index in [1.54, 1.807) is 26.0 Å². The number of aryl methyl sites for hydroxylation is 1. The molecule has 0 atom stereocenters. The molecule has 2 N–H and O–H groups in total. The minimum Gasteiger partial charge on any atom is -0.507 e. The number of hydrogen-bond acceptors (Lipinski definition) is 6. The fourth-order valence-electron chi connectivity index (χ4n) is 2.09. The lowest BCUT2D eigenvalue weighted by Gasteiger charge is -2.12. The van der Waals surface area contributed by atoms with Crippen LogP contribution in [0.5, 0.6) is 5.75 Å². The number of hydrogen-bond donors (Lipinski definition) is 2. The topological polar surface area (TPSA) is 79.3 Å². The maximum absolute atomic E-state index is 11.8. The van der Waals surface area contributed by atoms with Crippen LogP contribution in [0.15, 0.2) is 45.6 Å². The van der Waals surface area contributed by atoms with Crippen molar-refractivity contribution in [2.24, 2.45) is 0 Å². The van der Waals surface area contributed by atoms with Crippen molar-refractivity contribution in [3.05, 3.63) is 42.0 Å². The predicted molar refractivity (Wildman–Crippen MR) is 99.7 cm³/mol. The van der Waals surface area contributed by atoms with Gasteiger partial charge in [0.05, 0.1) is 26.6 Å². The highest BCUT2D eigenvalue weighted by Crippen LogP contribution is 2.40. The van der Waals surface area contributed by atoms with E-state index in [4.69, 9.17) is 0 Å². The lowest BCUT2D eigenvalue weighted by molar-refractivity contribution is 0.462. The van der Waals surface area contributed by atoms with Gasteiger partial charge in [-0.05, 0) is 43.7 Å². The summed E-state index contributed by atoms with van der Waals surface area (Å²) in [7, 11) is -3.37. The van der Waals surface area contributed by atoms with Crippen LogP contribution in [0.2, 0.25) is 0 Å². The molecule has 0 radical (unpaired) electrons. The summed E-state index contributed by atoms with van der Waals surface area (Å²) in [5, 5.41) is 10.2. The number of phenolic OH excluding ortho intramolecular Hbond substituents is 1. The number of para-hydroxylation sites is 1. The Balaban J connectivity index is 1.95. The van der Waals surface area contributed by atoms with Gasteiger partial charge in [0.1, 0.15) is 5.75 Å². The number of fused-ring (bicyclic) bond motifs is 1. The van der Waals surface area contributed by atoms with E-state index in [-0.39, 0.29) is 11.5 Å². The van der Waals surface area contributed by atoms with Crippen LogP contribution in [-0.4, -0.2) is 24.3 Å². The smallest absolute Gasteiger partial charge is 0.232 e. The molecule has 3 rings (SSSR count). The van der Waals surface area contributed by atoms with Gasteiger partial charge in [-0.2, -0.15) is 0 Å². The number of thiazole rings is 1. The molecule has 0 saturated heterocycles. The minimum atomic E-state index is -3.37. The molecule has 0 amide bonds. The highest BCUT2D eigenvalue weighted by molar-refractivity contribution is 8.01. The highest BCUT2D eigenvalue weighted by Gasteiger charge is 2.14. The Hall–Kier alpha value is -1.77. The van der Waals surface area contributed by atoms with Gasteiger partial charge >= 0.3 is 0 Å². The standard InChI is InChI=1S/C16H16N2O3S3/c1-3-24(20,21)18-12-9-15(13(19)8-10(12)2)23-16-17-11-6-4-5-7-14(11)22-16/h4-9,18-19H,3H2,1-2H3. The summed E-state index contributed by atoms with van der Waals surface area (Å²) < 4.78 is 28.0. The predicted octanol–water partition coefficient (Wildman–Crippen LogP) is 4.22. The van der Waals surface area contributed by atoms with Gasteiger partial charge in [-0.15, -0.1) is 11.3 Å². The SMILES string of the molecule is CCS(=O)(=O)Nc1cc(Sc2nc3ccccc3s2)c(O)cc1C. The molecule has 0 saturated carbocycles. The zero-order chi connectivity index (χ0) is 17.3. The molecular formula is C16H16N2O3S3. The van der Waals surface area contributed by atoms with Crippen molar-refractivity contribution in [3.8, 4) is 5.75 Å². The second-order valence-electron chi connectivity index (χ2n) is 5.19. The van der Waals surface area contributed by atoms with Gasteiger partial charge in [-0.3, -0.25) is 4.72 Å². The first-order valence-corrected chi connectivity index (χ1v) is 10.5. The van der Waals surface area contributed by atoms with E-state index in [2.05, 4.69) is 9.71 Å². The van der Waals surface area contributed by atoms with Crippen molar-refractivity contribution in [1.29, 1.82) is 0 Å². The van der Waals surface area contributed by atoms with Crippen LogP contribution in [0.3, 0.4) is 0 Å². The van der Waals surface area contributed by atoms with E-state index in [9.17, 15) is 13.5 Å². The average molecular weight is 381 g/mol. The molecule has 0 spiro atoms. The minimum absolute atomic E-state index is 0.00629. The largest absolute Gasteiger partial charge is 0.507 e. The third-order valence-electron chi connectivity index (χ3n) is 3.42. The van der Waals surface area contributed by atoms with Crippen molar-refractivity contribution < 1.29 is 13.5 Å². The summed E-state index contributed by atoms with van der Waals surface area (Å²) in [5.41, 5.74) is 2.04. The molecule has 0 aliphatic rings. The van der Waals surface area contributed by atoms with Gasteiger partial charge in [0.25, 0.3) is 0 Å². The number of rotatable bonds is 5. The van der Waals surface area contributed by atoms with Crippen molar-refractivity contribution in [2.45, 2.75) is 23.1 Å². The number of anilines is 1. The van der Waals surface area contributed by atoms with Crippen molar-refractivity contribution in [1.82, 2.24) is 4.98 Å². The molecule has 2 aromatic carbocycles. The van der Waals surface area contributed by atoms with Crippen LogP contribution in [0, 0.1) is 6.92 Å². The summed E-state index contributed by atoms with van der Waals surface area (Å²) in [5.74, 6) is 0.101. The summed E-state index contributed by atoms with van der Waals surface area (Å²) >= 11 is 2.85. The van der Waals surface area contributed by atoms with E-state index < -0.39 is 10.0 Å². The molecule has 5 nitrogen and oxygen atoms in total. The number of nitrogens with zero attached hydrogens (tertiary/aromatic N) is 1. The van der Waals surface area contributed by atoms with Gasteiger partial charge < -0.3 is 5.11 Å². The van der Waals surface area contributed by atoms with Gasteiger partial charge in [0.2, 0.25) is 10.0 Å². The molecule has 0 aliphatic heterocycles. The van der Waals surface area contributed by atoms with Crippen molar-refractivity contribution in [3.63, 3.8) is 0 Å². The Bertz CT molecular complexity index is 964. The average Bonchev–Trinajstić information content (AvgIpc) is 2.94. The van der Waals surface area contributed by atoms with E-state index in [1.165, 1.54) is 23.1 Å². The lowest BCUT2D eigenvalue weighted by atomic mass is 10.2. The Morgan fingerprint density at radius 2 is 2.04 bits per heavy atom. The zero-order valence-corrected chi connectivity index (χ0v) is 15.6. The molecule has 8 heteroatoms. The second kappa shape index (κ2) is 6.62. The quantitative estimate of drug-likeness (QED) is 0.648. The van der Waals surface area contributed by atoms with Gasteiger partial charge in [-0.25, -0.2) is 13.4 Å². The maximum atomic E-state index is 11.8. The Labute approximate surface area is 148 Å². The highest BCUT2D eigenvalue weighted by atomic mass is 32.2. The van der Waals surface area contributed by atoms with E-state index >= 15 is 0 Å². The third-order valence-corrected chi connectivity index (χ3v) is 6.86. The van der Waals surface area contributed by atoms with Gasteiger partial charge in [0, 0.05) is 0 Å². The fraction of sp³-hybridized carbons (Fsp3) is 0.188. The number of nitrogens with one attached hydrogen (secondary N) is 1. The van der Waals surface area contributed by atoms with Crippen molar-refractivity contribution >= 4 is 49.0 Å². The van der Waals surface area contributed by atoms with Crippen LogP contribution in [0.1, 0.15) is 12.5 Å². The summed E-state index contributed by atoms with van der Waals surface area (Å²) in [4.78, 5) is 5.09. The summed E-state index contributed by atoms with van der Waals surface area (Å²) in [6.07, 6.45) is 0. The summed E-state index contributed by atoms with van der Waals surface area (Å²) in [6, 6.07) is 11.0. The molecule has 126 valence electrons. The molecular weight excluding hydrogens is 364 g/mol. The van der Waals surface area contributed by atoms with Crippen molar-refractivity contribution in [2.75, 3.05) is 10.5 Å². The number of aromatic hydroxyl groups is 1. The Morgan fingerprint density at radius 1 is 1.29 bits per heavy atom. The first-order valence-electron chi connectivity index (χ1n) is 7.25. The molecule has 24 heavy (non-hydrogen) atoms. The van der Waals surface area contributed by atoms with Gasteiger partial charge in [-0.1, -0.05) is 23.9 Å². The lowest BCUT2D eigenvalue weighted by Crippen LogP contribution is -2.15. The third kappa shape index (κ3) is 3.66. The van der Waals surface area contributed by atoms with E-state index in [0.29, 0.717) is 16.1 Å². The maximum Gasteiger partial charge on any atom is 0.232 e. The Kier molecular flexibility index (Phi) is 4.71. The van der Waals surface area contributed by atoms with Crippen LogP contribution in [0.4, 0.5) is 5.69 Å². The number of aromatic nitrogens is 1. The first kappa shape index (κ1) is 17.1. The molecule has 1 heterocycles. The zero-order valence-electron chi connectivity index (χ0n) is 13.1. The Morgan fingerprint density at radius 3 is 2.75 bits per heavy atom. The fourth-order valence-corrected chi connectivity index (χ4v) is 4.87. The monoisotopic (exact) mass is 380 g/mol. The van der Waals surface area contributed by atoms with Crippen LogP contribution < -0.4 is 4.72 Å². The van der Waals surface area contributed by atoms with Crippen LogP contribution in [0.25, 0.3) is 10.2 Å². The van der Waals surface area contributed by atoms with E-state index in [1.807, 2.05) is 24.3 Å². The summed E-state index contributed by atoms with van der Waals surface area (Å²) in [6.45, 7) is 3.33. The second-order valence-corrected chi connectivity index (χ2v) is 9.52. The molecule has 0 aliphatic carbocycles. The molecule has 3 aromatic rings. The van der Waals surface area contributed by atoms with Crippen LogP contribution >= 0.6 is 23.1 Å². The van der Waals surface area contributed by atoms with Crippen LogP contribution in [-0.2, 0) is 10.0 Å². The van der Waals surface area contributed by atoms with E-state index in [0.717, 1.165) is 14.6 Å².